The number of aliphatic hydroxyl groups is 1. The molecule has 0 aliphatic carbocycles. The van der Waals surface area contributed by atoms with Crippen molar-refractivity contribution in [2.75, 3.05) is 54.2 Å². The molecule has 1 unspecified atom stereocenters. The van der Waals surface area contributed by atoms with Gasteiger partial charge in [0.1, 0.15) is 5.75 Å². The lowest BCUT2D eigenvalue weighted by molar-refractivity contribution is 0.127. The summed E-state index contributed by atoms with van der Waals surface area (Å²) in [5.74, 6) is 2.66. The van der Waals surface area contributed by atoms with Crippen molar-refractivity contribution in [1.29, 1.82) is 0 Å². The van der Waals surface area contributed by atoms with Crippen molar-refractivity contribution in [3.05, 3.63) is 17.7 Å². The summed E-state index contributed by atoms with van der Waals surface area (Å²) in [6.45, 7) is 5.43. The van der Waals surface area contributed by atoms with Crippen LogP contribution in [0.2, 0.25) is 0 Å². The maximum Gasteiger partial charge on any atom is 0.191 e. The van der Waals surface area contributed by atoms with Crippen molar-refractivity contribution in [2.24, 2.45) is 10.4 Å². The molecule has 0 amide bonds. The second kappa shape index (κ2) is 13.0. The minimum absolute atomic E-state index is 0. The zero-order valence-electron chi connectivity index (χ0n) is 17.7. The lowest BCUT2D eigenvalue weighted by atomic mass is 9.84. The molecule has 1 aromatic carbocycles. The van der Waals surface area contributed by atoms with Crippen LogP contribution in [-0.4, -0.2) is 65.3 Å². The Kier molecular flexibility index (Phi) is 11.4. The van der Waals surface area contributed by atoms with Crippen LogP contribution in [-0.2, 0) is 11.3 Å². The summed E-state index contributed by atoms with van der Waals surface area (Å²) in [7, 11) is 4.82. The highest BCUT2D eigenvalue weighted by molar-refractivity contribution is 14.0. The predicted octanol–water partition coefficient (Wildman–Crippen LogP) is 2.17. The third-order valence-electron chi connectivity index (χ3n) is 5.00. The lowest BCUT2D eigenvalue weighted by Gasteiger charge is -2.27. The van der Waals surface area contributed by atoms with E-state index in [-0.39, 0.29) is 36.0 Å². The molecule has 1 heterocycles. The van der Waals surface area contributed by atoms with Gasteiger partial charge in [-0.3, -0.25) is 0 Å². The van der Waals surface area contributed by atoms with E-state index in [0.29, 0.717) is 49.3 Å². The van der Waals surface area contributed by atoms with Crippen LogP contribution >= 0.6 is 24.0 Å². The number of hydrogen-bond donors (Lipinski definition) is 3. The Morgan fingerprint density at radius 3 is 2.38 bits per heavy atom. The minimum Gasteiger partial charge on any atom is -0.496 e. The summed E-state index contributed by atoms with van der Waals surface area (Å²) in [6, 6.07) is 3.68. The van der Waals surface area contributed by atoms with Crippen LogP contribution in [0.5, 0.6) is 17.2 Å². The summed E-state index contributed by atoms with van der Waals surface area (Å²) in [4.78, 5) is 4.69. The van der Waals surface area contributed by atoms with E-state index in [1.807, 2.05) is 13.0 Å². The zero-order valence-corrected chi connectivity index (χ0v) is 20.1. The fourth-order valence-electron chi connectivity index (χ4n) is 3.30. The third-order valence-corrected chi connectivity index (χ3v) is 5.00. The third kappa shape index (κ3) is 7.07. The number of hydrogen-bond acceptors (Lipinski definition) is 6. The average molecular weight is 523 g/mol. The number of benzene rings is 1. The number of ether oxygens (including phenoxy) is 4. The van der Waals surface area contributed by atoms with Gasteiger partial charge >= 0.3 is 0 Å². The van der Waals surface area contributed by atoms with Crippen molar-refractivity contribution < 1.29 is 24.1 Å². The number of halogens is 1. The van der Waals surface area contributed by atoms with Crippen molar-refractivity contribution >= 4 is 29.9 Å². The number of rotatable bonds is 10. The van der Waals surface area contributed by atoms with Crippen molar-refractivity contribution in [1.82, 2.24) is 10.6 Å². The highest BCUT2D eigenvalue weighted by atomic mass is 127. The molecule has 8 nitrogen and oxygen atoms in total. The zero-order chi connectivity index (χ0) is 20.4. The maximum absolute atomic E-state index is 9.40. The van der Waals surface area contributed by atoms with Gasteiger partial charge in [0.05, 0.1) is 34.5 Å². The molecule has 1 fully saturated rings. The summed E-state index contributed by atoms with van der Waals surface area (Å²) in [5.41, 5.74) is 0.845. The molecule has 1 aromatic rings. The van der Waals surface area contributed by atoms with Crippen LogP contribution in [0.15, 0.2) is 17.1 Å². The van der Waals surface area contributed by atoms with Gasteiger partial charge in [0, 0.05) is 43.3 Å². The predicted molar refractivity (Wildman–Crippen MR) is 124 cm³/mol. The van der Waals surface area contributed by atoms with Gasteiger partial charge in [-0.15, -0.1) is 24.0 Å². The summed E-state index contributed by atoms with van der Waals surface area (Å²) >= 11 is 0. The highest BCUT2D eigenvalue weighted by Gasteiger charge is 2.34. The molecule has 0 aromatic heterocycles. The standard InChI is InChI=1S/C20H33N3O5.HI/c1-5-21-19(23-13-20(6-8-24)7-9-28-14-20)22-12-15-10-17(26-3)18(27-4)11-16(15)25-2;/h10-11,24H,5-9,12-14H2,1-4H3,(H2,21,22,23);1H. The molecule has 0 bridgehead atoms. The van der Waals surface area contributed by atoms with E-state index in [9.17, 15) is 5.11 Å². The second-order valence-corrected chi connectivity index (χ2v) is 6.84. The highest BCUT2D eigenvalue weighted by Crippen LogP contribution is 2.35. The average Bonchev–Trinajstić information content (AvgIpc) is 3.18. The molecule has 1 atom stereocenters. The Balaban J connectivity index is 0.00000420. The molecule has 1 aliphatic heterocycles. The Bertz CT molecular complexity index is 651. The van der Waals surface area contributed by atoms with Crippen LogP contribution in [0.3, 0.4) is 0 Å². The second-order valence-electron chi connectivity index (χ2n) is 6.84. The molecule has 2 rings (SSSR count). The fraction of sp³-hybridized carbons (Fsp3) is 0.650. The van der Waals surface area contributed by atoms with E-state index in [4.69, 9.17) is 23.9 Å². The Labute approximate surface area is 190 Å². The number of nitrogens with zero attached hydrogens (tertiary/aromatic N) is 1. The van der Waals surface area contributed by atoms with Crippen molar-refractivity contribution in [2.45, 2.75) is 26.3 Å². The van der Waals surface area contributed by atoms with E-state index < -0.39 is 0 Å². The molecule has 0 saturated carbocycles. The van der Waals surface area contributed by atoms with Gasteiger partial charge in [-0.05, 0) is 25.8 Å². The fourth-order valence-corrected chi connectivity index (χ4v) is 3.30. The number of nitrogens with one attached hydrogen (secondary N) is 2. The largest absolute Gasteiger partial charge is 0.496 e. The maximum atomic E-state index is 9.40. The summed E-state index contributed by atoms with van der Waals surface area (Å²) in [5, 5.41) is 16.1. The van der Waals surface area contributed by atoms with Crippen LogP contribution in [0.1, 0.15) is 25.3 Å². The SMILES string of the molecule is CCNC(=NCc1cc(OC)c(OC)cc1OC)NCC1(CCO)CCOC1.I. The van der Waals surface area contributed by atoms with E-state index in [1.54, 1.807) is 27.4 Å². The number of guanidine groups is 1. The van der Waals surface area contributed by atoms with Crippen LogP contribution in [0.4, 0.5) is 0 Å². The first-order valence-corrected chi connectivity index (χ1v) is 9.61. The molecular weight excluding hydrogens is 489 g/mol. The van der Waals surface area contributed by atoms with E-state index in [0.717, 1.165) is 25.1 Å². The van der Waals surface area contributed by atoms with E-state index in [2.05, 4.69) is 10.6 Å². The number of methoxy groups -OCH3 is 3. The van der Waals surface area contributed by atoms with Gasteiger partial charge in [-0.25, -0.2) is 4.99 Å². The van der Waals surface area contributed by atoms with Gasteiger partial charge in [0.2, 0.25) is 0 Å². The van der Waals surface area contributed by atoms with Crippen LogP contribution in [0, 0.1) is 5.41 Å². The molecule has 29 heavy (non-hydrogen) atoms. The first kappa shape index (κ1) is 25.6. The molecule has 0 radical (unpaired) electrons. The quantitative estimate of drug-likeness (QED) is 0.246. The summed E-state index contributed by atoms with van der Waals surface area (Å²) < 4.78 is 21.8. The Morgan fingerprint density at radius 2 is 1.83 bits per heavy atom. The summed E-state index contributed by atoms with van der Waals surface area (Å²) in [6.07, 6.45) is 1.65. The Morgan fingerprint density at radius 1 is 1.14 bits per heavy atom. The molecule has 1 saturated heterocycles. The first-order valence-electron chi connectivity index (χ1n) is 9.61. The topological polar surface area (TPSA) is 93.6 Å². The monoisotopic (exact) mass is 523 g/mol. The van der Waals surface area contributed by atoms with E-state index in [1.165, 1.54) is 0 Å². The molecule has 0 spiro atoms. The molecule has 166 valence electrons. The van der Waals surface area contributed by atoms with Gasteiger partial charge in [0.15, 0.2) is 17.5 Å². The normalized spacial score (nSPS) is 18.7. The molecule has 3 N–H and O–H groups in total. The van der Waals surface area contributed by atoms with Gasteiger partial charge in [0.25, 0.3) is 0 Å². The number of aliphatic hydroxyl groups excluding tert-OH is 1. The molecular formula is C20H34IN3O5. The molecule has 9 heteroatoms. The van der Waals surface area contributed by atoms with Crippen molar-refractivity contribution in [3.63, 3.8) is 0 Å². The van der Waals surface area contributed by atoms with Crippen molar-refractivity contribution in [3.8, 4) is 17.2 Å². The number of aliphatic imine (C=N–C) groups is 1. The smallest absolute Gasteiger partial charge is 0.191 e. The minimum atomic E-state index is -0.0496. The van der Waals surface area contributed by atoms with Crippen LogP contribution in [0.25, 0.3) is 0 Å². The Hall–Kier alpha value is -1.46. The van der Waals surface area contributed by atoms with E-state index >= 15 is 0 Å². The van der Waals surface area contributed by atoms with Gasteiger partial charge < -0.3 is 34.7 Å². The van der Waals surface area contributed by atoms with Gasteiger partial charge in [-0.2, -0.15) is 0 Å². The molecule has 1 aliphatic rings. The lowest BCUT2D eigenvalue weighted by Crippen LogP contribution is -2.44. The van der Waals surface area contributed by atoms with Crippen LogP contribution < -0.4 is 24.8 Å². The van der Waals surface area contributed by atoms with Gasteiger partial charge in [-0.1, -0.05) is 0 Å². The first-order chi connectivity index (χ1) is 13.6.